The van der Waals surface area contributed by atoms with Gasteiger partial charge in [0.2, 0.25) is 11.7 Å². The predicted molar refractivity (Wildman–Crippen MR) is 218 cm³/mol. The Balaban J connectivity index is 1.10. The third-order valence-corrected chi connectivity index (χ3v) is 10.2. The Morgan fingerprint density at radius 1 is 0.418 bits per heavy atom. The summed E-state index contributed by atoms with van der Waals surface area (Å²) in [6.07, 6.45) is 1.77. The van der Waals surface area contributed by atoms with Crippen LogP contribution in [-0.2, 0) is 0 Å². The zero-order valence-electron chi connectivity index (χ0n) is 29.2. The molecule has 0 aliphatic carbocycles. The summed E-state index contributed by atoms with van der Waals surface area (Å²) in [5.41, 5.74) is 8.57. The molecule has 5 aromatic heterocycles. The number of fused-ring (bicyclic) bond motifs is 8. The second-order valence-corrected chi connectivity index (χ2v) is 13.4. The van der Waals surface area contributed by atoms with Crippen molar-refractivity contribution < 1.29 is 0 Å². The molecule has 0 saturated carbocycles. The number of imidazole rings is 1. The van der Waals surface area contributed by atoms with Crippen molar-refractivity contribution in [2.24, 2.45) is 0 Å². The Morgan fingerprint density at radius 3 is 1.71 bits per heavy atom. The quantitative estimate of drug-likeness (QED) is 0.177. The largest absolute Gasteiger partial charge is 0.282 e. The number of nitrogens with zero attached hydrogens (tertiary/aromatic N) is 8. The maximum absolute atomic E-state index is 13.9. The normalized spacial score (nSPS) is 11.7. The molecule has 0 amide bonds. The predicted octanol–water partition coefficient (Wildman–Crippen LogP) is 9.47. The molecule has 11 aromatic rings. The van der Waals surface area contributed by atoms with Crippen molar-refractivity contribution in [3.05, 3.63) is 180 Å². The van der Waals surface area contributed by atoms with Crippen molar-refractivity contribution in [2.45, 2.75) is 0 Å². The summed E-state index contributed by atoms with van der Waals surface area (Å²) in [6.45, 7) is 0. The first-order chi connectivity index (χ1) is 27.2. The molecule has 11 rings (SSSR count). The maximum Gasteiger partial charge on any atom is 0.282 e. The van der Waals surface area contributed by atoms with Crippen molar-refractivity contribution in [2.75, 3.05) is 0 Å². The molecule has 55 heavy (non-hydrogen) atoms. The van der Waals surface area contributed by atoms with Gasteiger partial charge >= 0.3 is 0 Å². The van der Waals surface area contributed by atoms with E-state index in [1.54, 1.807) is 6.20 Å². The minimum Gasteiger partial charge on any atom is -0.278 e. The van der Waals surface area contributed by atoms with Gasteiger partial charge in [-0.15, -0.1) is 0 Å². The lowest BCUT2D eigenvalue weighted by Gasteiger charge is -2.11. The molecule has 0 bridgehead atoms. The van der Waals surface area contributed by atoms with Gasteiger partial charge < -0.3 is 0 Å². The van der Waals surface area contributed by atoms with Crippen LogP contribution in [0.4, 0.5) is 0 Å². The summed E-state index contributed by atoms with van der Waals surface area (Å²) in [5, 5.41) is 2.62. The number of hydrogen-bond donors (Lipinski definition) is 0. The Hall–Kier alpha value is -7.78. The van der Waals surface area contributed by atoms with Crippen molar-refractivity contribution in [1.29, 1.82) is 0 Å². The molecule has 5 heterocycles. The molecule has 0 fully saturated rings. The number of rotatable bonds is 5. The van der Waals surface area contributed by atoms with Gasteiger partial charge in [-0.05, 0) is 65.7 Å². The summed E-state index contributed by atoms with van der Waals surface area (Å²) < 4.78 is 6.07. The van der Waals surface area contributed by atoms with Gasteiger partial charge in [-0.2, -0.15) is 15.0 Å². The molecule has 0 aliphatic rings. The van der Waals surface area contributed by atoms with Crippen LogP contribution in [0.1, 0.15) is 0 Å². The van der Waals surface area contributed by atoms with E-state index in [1.807, 2.05) is 136 Å². The van der Waals surface area contributed by atoms with E-state index < -0.39 is 0 Å². The highest BCUT2D eigenvalue weighted by molar-refractivity contribution is 6.10. The van der Waals surface area contributed by atoms with Crippen molar-refractivity contribution in [3.63, 3.8) is 0 Å². The monoisotopic (exact) mass is 708 g/mol. The van der Waals surface area contributed by atoms with Crippen molar-refractivity contribution in [3.8, 4) is 45.5 Å². The Morgan fingerprint density at radius 2 is 1.00 bits per heavy atom. The van der Waals surface area contributed by atoms with Crippen LogP contribution in [0.25, 0.3) is 95.2 Å². The minimum atomic E-state index is -0.298. The van der Waals surface area contributed by atoms with Gasteiger partial charge in [0.1, 0.15) is 0 Å². The first-order valence-electron chi connectivity index (χ1n) is 18.0. The third kappa shape index (κ3) is 4.87. The summed E-state index contributed by atoms with van der Waals surface area (Å²) in [6, 6.07) is 54.5. The number of hydrogen-bond acceptors (Lipinski definition) is 6. The molecule has 258 valence electrons. The van der Waals surface area contributed by atoms with Crippen molar-refractivity contribution >= 4 is 49.7 Å². The molecule has 9 nitrogen and oxygen atoms in total. The summed E-state index contributed by atoms with van der Waals surface area (Å²) >= 11 is 0. The SMILES string of the molecule is O=c1nc2n(-c3ccccc3)c3cccnc3n2c2ccc(-c3ccc4c(c3)c3ccccc3n4-c3nc(-c4ccccc4)nc(-c4ccccc4)n3)cc12. The minimum absolute atomic E-state index is 0.298. The fourth-order valence-electron chi connectivity index (χ4n) is 7.69. The van der Waals surface area contributed by atoms with Crippen LogP contribution in [0.5, 0.6) is 0 Å². The number of pyridine rings is 1. The number of benzene rings is 6. The van der Waals surface area contributed by atoms with Gasteiger partial charge in [0.15, 0.2) is 17.3 Å². The smallest absolute Gasteiger partial charge is 0.278 e. The average Bonchev–Trinajstić information content (AvgIpc) is 3.77. The van der Waals surface area contributed by atoms with Gasteiger partial charge in [-0.3, -0.25) is 18.3 Å². The molecule has 6 aromatic carbocycles. The molecular weight excluding hydrogens is 681 g/mol. The van der Waals surface area contributed by atoms with Gasteiger partial charge in [0.25, 0.3) is 5.56 Å². The van der Waals surface area contributed by atoms with Crippen LogP contribution in [0.2, 0.25) is 0 Å². The van der Waals surface area contributed by atoms with Crippen LogP contribution < -0.4 is 5.56 Å². The second kappa shape index (κ2) is 12.1. The first kappa shape index (κ1) is 30.8. The fraction of sp³-hybridized carbons (Fsp3) is 0. The molecule has 0 saturated heterocycles. The third-order valence-electron chi connectivity index (χ3n) is 10.2. The van der Waals surface area contributed by atoms with E-state index >= 15 is 0 Å². The van der Waals surface area contributed by atoms with E-state index in [2.05, 4.69) is 45.9 Å². The van der Waals surface area contributed by atoms with Crippen LogP contribution in [0.3, 0.4) is 0 Å². The van der Waals surface area contributed by atoms with Gasteiger partial charge in [0.05, 0.1) is 27.5 Å². The number of aromatic nitrogens is 8. The van der Waals surface area contributed by atoms with Crippen LogP contribution in [0, 0.1) is 0 Å². The highest BCUT2D eigenvalue weighted by Crippen LogP contribution is 2.36. The van der Waals surface area contributed by atoms with Crippen molar-refractivity contribution in [1.82, 2.24) is 38.5 Å². The Kier molecular flexibility index (Phi) is 6.80. The van der Waals surface area contributed by atoms with E-state index in [9.17, 15) is 4.79 Å². The summed E-state index contributed by atoms with van der Waals surface area (Å²) in [5.74, 6) is 2.24. The fourth-order valence-corrected chi connectivity index (χ4v) is 7.69. The number of para-hydroxylation sites is 2. The molecule has 0 unspecified atom stereocenters. The average molecular weight is 709 g/mol. The Bertz CT molecular complexity index is 3280. The van der Waals surface area contributed by atoms with E-state index in [0.717, 1.165) is 66.4 Å². The lowest BCUT2D eigenvalue weighted by Crippen LogP contribution is -2.12. The van der Waals surface area contributed by atoms with E-state index in [0.29, 0.717) is 28.8 Å². The molecular formula is C46H28N8O. The van der Waals surface area contributed by atoms with Crippen LogP contribution >= 0.6 is 0 Å². The molecule has 9 heteroatoms. The zero-order chi connectivity index (χ0) is 36.5. The second-order valence-electron chi connectivity index (χ2n) is 13.4. The molecule has 0 spiro atoms. The van der Waals surface area contributed by atoms with Gasteiger partial charge in [-0.1, -0.05) is 109 Å². The van der Waals surface area contributed by atoms with Gasteiger partial charge in [-0.25, -0.2) is 9.97 Å². The topological polar surface area (TPSA) is 95.8 Å². The molecule has 0 atom stereocenters. The molecule has 0 N–H and O–H groups in total. The van der Waals surface area contributed by atoms with E-state index in [4.69, 9.17) is 19.9 Å². The van der Waals surface area contributed by atoms with Crippen LogP contribution in [-0.4, -0.2) is 38.5 Å². The highest BCUT2D eigenvalue weighted by atomic mass is 16.1. The Labute approximate surface area is 313 Å². The summed E-state index contributed by atoms with van der Waals surface area (Å²) in [7, 11) is 0. The van der Waals surface area contributed by atoms with E-state index in [1.165, 1.54) is 0 Å². The molecule has 0 radical (unpaired) electrons. The van der Waals surface area contributed by atoms with Crippen LogP contribution in [0.15, 0.2) is 175 Å². The molecule has 0 aliphatic heterocycles. The highest BCUT2D eigenvalue weighted by Gasteiger charge is 2.20. The first-order valence-corrected chi connectivity index (χ1v) is 18.0. The zero-order valence-corrected chi connectivity index (χ0v) is 29.2. The standard InChI is InChI=1S/C46H28N8O/c55-44-36-28-32(23-25-39(36)54-43-40(21-12-26-47-43)52(46(54)51-44)33-17-8-3-9-18-33)31-22-24-38-35(27-31)34-19-10-11-20-37(34)53(38)45-49-41(29-13-4-1-5-14-29)48-42(50-45)30-15-6-2-7-16-30/h1-28H. The van der Waals surface area contributed by atoms with E-state index in [-0.39, 0.29) is 5.56 Å². The lowest BCUT2D eigenvalue weighted by atomic mass is 10.0. The van der Waals surface area contributed by atoms with Gasteiger partial charge in [0, 0.05) is 33.8 Å². The maximum atomic E-state index is 13.9. The summed E-state index contributed by atoms with van der Waals surface area (Å²) in [4.78, 5) is 38.3. The lowest BCUT2D eigenvalue weighted by molar-refractivity contribution is 0.953.